The van der Waals surface area contributed by atoms with Gasteiger partial charge in [0, 0.05) is 16.7 Å². The van der Waals surface area contributed by atoms with Gasteiger partial charge in [0.2, 0.25) is 5.88 Å². The molecule has 2 aromatic rings. The topological polar surface area (TPSA) is 22.1 Å². The van der Waals surface area contributed by atoms with Crippen LogP contribution in [0, 0.1) is 0 Å². The van der Waals surface area contributed by atoms with Crippen LogP contribution in [0.2, 0.25) is 0 Å². The predicted molar refractivity (Wildman–Crippen MR) is 74.2 cm³/mol. The normalized spacial score (nSPS) is 17.9. The van der Waals surface area contributed by atoms with Crippen molar-refractivity contribution in [2.75, 3.05) is 6.26 Å². The SMILES string of the molecule is CSc1cnc2c(c1)CCC(c1ccccc1)O2. The summed E-state index contributed by atoms with van der Waals surface area (Å²) >= 11 is 1.72. The Balaban J connectivity index is 1.85. The Labute approximate surface area is 111 Å². The fourth-order valence-electron chi connectivity index (χ4n) is 2.26. The van der Waals surface area contributed by atoms with Crippen molar-refractivity contribution >= 4 is 11.8 Å². The molecule has 1 unspecified atom stereocenters. The minimum absolute atomic E-state index is 0.145. The maximum atomic E-state index is 6.00. The van der Waals surface area contributed by atoms with Gasteiger partial charge >= 0.3 is 0 Å². The summed E-state index contributed by atoms with van der Waals surface area (Å²) in [5.74, 6) is 0.799. The molecule has 3 heteroatoms. The Morgan fingerprint density at radius 1 is 1.28 bits per heavy atom. The number of aryl methyl sites for hydroxylation is 1. The van der Waals surface area contributed by atoms with Crippen molar-refractivity contribution in [1.82, 2.24) is 4.98 Å². The highest BCUT2D eigenvalue weighted by Gasteiger charge is 2.22. The molecule has 0 N–H and O–H groups in total. The van der Waals surface area contributed by atoms with Crippen molar-refractivity contribution in [2.45, 2.75) is 23.8 Å². The Hall–Kier alpha value is -1.48. The number of hydrogen-bond acceptors (Lipinski definition) is 3. The lowest BCUT2D eigenvalue weighted by atomic mass is 9.99. The number of ether oxygens (including phenoxy) is 1. The van der Waals surface area contributed by atoms with Crippen LogP contribution in [0.25, 0.3) is 0 Å². The van der Waals surface area contributed by atoms with Gasteiger partial charge in [-0.2, -0.15) is 0 Å². The molecular weight excluding hydrogens is 242 g/mol. The van der Waals surface area contributed by atoms with Gasteiger partial charge in [-0.25, -0.2) is 4.98 Å². The van der Waals surface area contributed by atoms with Crippen LogP contribution in [-0.4, -0.2) is 11.2 Å². The van der Waals surface area contributed by atoms with E-state index in [1.165, 1.54) is 16.0 Å². The third kappa shape index (κ3) is 2.23. The lowest BCUT2D eigenvalue weighted by Gasteiger charge is -2.25. The molecule has 18 heavy (non-hydrogen) atoms. The Morgan fingerprint density at radius 3 is 2.89 bits per heavy atom. The minimum Gasteiger partial charge on any atom is -0.469 e. The maximum Gasteiger partial charge on any atom is 0.217 e. The van der Waals surface area contributed by atoms with Crippen molar-refractivity contribution < 1.29 is 4.74 Å². The number of hydrogen-bond donors (Lipinski definition) is 0. The molecule has 1 aliphatic rings. The molecule has 1 aromatic carbocycles. The van der Waals surface area contributed by atoms with Crippen LogP contribution in [-0.2, 0) is 6.42 Å². The first-order valence-corrected chi connectivity index (χ1v) is 7.34. The molecule has 0 spiro atoms. The fraction of sp³-hybridized carbons (Fsp3) is 0.267. The number of fused-ring (bicyclic) bond motifs is 1. The molecule has 0 amide bonds. The summed E-state index contributed by atoms with van der Waals surface area (Å²) in [5, 5.41) is 0. The number of thioether (sulfide) groups is 1. The van der Waals surface area contributed by atoms with Crippen molar-refractivity contribution in [3.05, 3.63) is 53.7 Å². The standard InChI is InChI=1S/C15H15NOS/c1-18-13-9-12-7-8-14(17-15(12)16-10-13)11-5-3-2-4-6-11/h2-6,9-10,14H,7-8H2,1H3. The zero-order valence-electron chi connectivity index (χ0n) is 10.3. The quantitative estimate of drug-likeness (QED) is 0.762. The van der Waals surface area contributed by atoms with E-state index in [4.69, 9.17) is 4.74 Å². The molecule has 3 rings (SSSR count). The van der Waals surface area contributed by atoms with Crippen LogP contribution in [0.3, 0.4) is 0 Å². The summed E-state index contributed by atoms with van der Waals surface area (Å²) in [4.78, 5) is 5.63. The van der Waals surface area contributed by atoms with Gasteiger partial charge in [0.05, 0.1) is 0 Å². The van der Waals surface area contributed by atoms with Gasteiger partial charge in [-0.3, -0.25) is 0 Å². The van der Waals surface area contributed by atoms with Crippen LogP contribution in [0.1, 0.15) is 23.7 Å². The van der Waals surface area contributed by atoms with E-state index in [0.29, 0.717) is 0 Å². The van der Waals surface area contributed by atoms with E-state index in [1.807, 2.05) is 12.3 Å². The molecule has 0 saturated carbocycles. The second-order valence-electron chi connectivity index (χ2n) is 4.40. The first-order valence-electron chi connectivity index (χ1n) is 6.11. The van der Waals surface area contributed by atoms with E-state index >= 15 is 0 Å². The molecule has 0 saturated heterocycles. The highest BCUT2D eigenvalue weighted by Crippen LogP contribution is 2.34. The molecule has 1 aliphatic heterocycles. The average molecular weight is 257 g/mol. The van der Waals surface area contributed by atoms with Gasteiger partial charge in [-0.1, -0.05) is 30.3 Å². The van der Waals surface area contributed by atoms with E-state index < -0.39 is 0 Å². The number of benzene rings is 1. The Morgan fingerprint density at radius 2 is 2.11 bits per heavy atom. The lowest BCUT2D eigenvalue weighted by molar-refractivity contribution is 0.167. The highest BCUT2D eigenvalue weighted by atomic mass is 32.2. The van der Waals surface area contributed by atoms with E-state index in [0.717, 1.165) is 18.7 Å². The number of nitrogens with zero attached hydrogens (tertiary/aromatic N) is 1. The summed E-state index contributed by atoms with van der Waals surface area (Å²) in [6, 6.07) is 12.6. The Bertz CT molecular complexity index is 541. The highest BCUT2D eigenvalue weighted by molar-refractivity contribution is 7.98. The molecule has 0 bridgehead atoms. The van der Waals surface area contributed by atoms with E-state index in [1.54, 1.807) is 11.8 Å². The van der Waals surface area contributed by atoms with Crippen LogP contribution in [0.4, 0.5) is 0 Å². The van der Waals surface area contributed by atoms with E-state index in [-0.39, 0.29) is 6.10 Å². The molecule has 0 radical (unpaired) electrons. The summed E-state index contributed by atoms with van der Waals surface area (Å²) in [7, 11) is 0. The number of aromatic nitrogens is 1. The maximum absolute atomic E-state index is 6.00. The zero-order chi connectivity index (χ0) is 12.4. The van der Waals surface area contributed by atoms with Crippen LogP contribution in [0.15, 0.2) is 47.5 Å². The summed E-state index contributed by atoms with van der Waals surface area (Å²) in [6.45, 7) is 0. The monoisotopic (exact) mass is 257 g/mol. The first-order chi connectivity index (χ1) is 8.86. The predicted octanol–water partition coefficient (Wildman–Crippen LogP) is 3.87. The summed E-state index contributed by atoms with van der Waals surface area (Å²) < 4.78 is 6.00. The van der Waals surface area contributed by atoms with Crippen LogP contribution < -0.4 is 4.74 Å². The smallest absolute Gasteiger partial charge is 0.217 e. The average Bonchev–Trinajstić information content (AvgIpc) is 2.47. The van der Waals surface area contributed by atoms with E-state index in [9.17, 15) is 0 Å². The van der Waals surface area contributed by atoms with Gasteiger partial charge < -0.3 is 4.74 Å². The molecular formula is C15H15NOS. The molecule has 2 nitrogen and oxygen atoms in total. The largest absolute Gasteiger partial charge is 0.469 e. The Kier molecular flexibility index (Phi) is 3.24. The van der Waals surface area contributed by atoms with Crippen LogP contribution in [0.5, 0.6) is 5.88 Å². The third-order valence-corrected chi connectivity index (χ3v) is 3.93. The molecule has 2 heterocycles. The van der Waals surface area contributed by atoms with Gasteiger partial charge in [-0.05, 0) is 30.7 Å². The van der Waals surface area contributed by atoms with Crippen LogP contribution >= 0.6 is 11.8 Å². The summed E-state index contributed by atoms with van der Waals surface area (Å²) in [5.41, 5.74) is 2.47. The van der Waals surface area contributed by atoms with Crippen molar-refractivity contribution in [3.8, 4) is 5.88 Å². The molecule has 1 atom stereocenters. The zero-order valence-corrected chi connectivity index (χ0v) is 11.1. The minimum atomic E-state index is 0.145. The number of rotatable bonds is 2. The van der Waals surface area contributed by atoms with Crippen molar-refractivity contribution in [2.24, 2.45) is 0 Å². The molecule has 0 aliphatic carbocycles. The second-order valence-corrected chi connectivity index (χ2v) is 5.27. The van der Waals surface area contributed by atoms with Gasteiger partial charge in [-0.15, -0.1) is 11.8 Å². The number of pyridine rings is 1. The van der Waals surface area contributed by atoms with Gasteiger partial charge in [0.1, 0.15) is 6.10 Å². The second kappa shape index (κ2) is 5.02. The summed E-state index contributed by atoms with van der Waals surface area (Å²) in [6.07, 6.45) is 6.16. The molecule has 92 valence electrons. The van der Waals surface area contributed by atoms with Gasteiger partial charge in [0.25, 0.3) is 0 Å². The fourth-order valence-corrected chi connectivity index (χ4v) is 2.67. The van der Waals surface area contributed by atoms with Gasteiger partial charge in [0.15, 0.2) is 0 Å². The van der Waals surface area contributed by atoms with Crippen molar-refractivity contribution in [3.63, 3.8) is 0 Å². The molecule has 1 aromatic heterocycles. The van der Waals surface area contributed by atoms with Crippen molar-refractivity contribution in [1.29, 1.82) is 0 Å². The third-order valence-electron chi connectivity index (χ3n) is 3.24. The first kappa shape index (κ1) is 11.6. The molecule has 0 fully saturated rings. The lowest BCUT2D eigenvalue weighted by Crippen LogP contribution is -2.16. The van der Waals surface area contributed by atoms with E-state index in [2.05, 4.69) is 41.6 Å².